The minimum Gasteiger partial charge on any atom is -0.484 e. The lowest BCUT2D eigenvalue weighted by Crippen LogP contribution is -2.40. The fourth-order valence-electron chi connectivity index (χ4n) is 4.05. The van der Waals surface area contributed by atoms with E-state index in [1.54, 1.807) is 12.1 Å². The van der Waals surface area contributed by atoms with E-state index in [1.807, 2.05) is 12.1 Å². The van der Waals surface area contributed by atoms with Crippen LogP contribution in [0.3, 0.4) is 0 Å². The lowest BCUT2D eigenvalue weighted by atomic mass is 10.1. The number of amides is 2. The lowest BCUT2D eigenvalue weighted by Gasteiger charge is -2.30. The summed E-state index contributed by atoms with van der Waals surface area (Å²) in [5.74, 6) is 0.714. The van der Waals surface area contributed by atoms with Crippen LogP contribution >= 0.6 is 0 Å². The SMILES string of the molecule is NC(=O)Nc1cccc(O[C@@H]2c3ccccc3C[C@H]2N2CCC(N)C2)c1. The van der Waals surface area contributed by atoms with Crippen molar-refractivity contribution in [3.63, 3.8) is 0 Å². The van der Waals surface area contributed by atoms with Crippen LogP contribution < -0.4 is 21.5 Å². The van der Waals surface area contributed by atoms with Gasteiger partial charge in [-0.3, -0.25) is 4.90 Å². The maximum Gasteiger partial charge on any atom is 0.316 e. The van der Waals surface area contributed by atoms with Crippen LogP contribution in [0, 0.1) is 0 Å². The van der Waals surface area contributed by atoms with Crippen LogP contribution in [0.25, 0.3) is 0 Å². The number of ether oxygens (including phenoxy) is 1. The molecule has 3 atom stereocenters. The van der Waals surface area contributed by atoms with Crippen molar-refractivity contribution < 1.29 is 9.53 Å². The second-order valence-corrected chi connectivity index (χ2v) is 7.07. The Kier molecular flexibility index (Phi) is 4.53. The Labute approximate surface area is 153 Å². The summed E-state index contributed by atoms with van der Waals surface area (Å²) in [5, 5.41) is 2.59. The quantitative estimate of drug-likeness (QED) is 0.787. The van der Waals surface area contributed by atoms with Crippen molar-refractivity contribution in [2.45, 2.75) is 31.0 Å². The average molecular weight is 352 g/mol. The largest absolute Gasteiger partial charge is 0.484 e. The normalized spacial score (nSPS) is 25.0. The Morgan fingerprint density at radius 1 is 1.19 bits per heavy atom. The molecule has 2 aromatic rings. The maximum absolute atomic E-state index is 11.1. The van der Waals surface area contributed by atoms with Gasteiger partial charge in [0, 0.05) is 30.9 Å². The van der Waals surface area contributed by atoms with Gasteiger partial charge in [0.05, 0.1) is 6.04 Å². The fraction of sp³-hybridized carbons (Fsp3) is 0.350. The van der Waals surface area contributed by atoms with Gasteiger partial charge in [-0.2, -0.15) is 0 Å². The van der Waals surface area contributed by atoms with Crippen LogP contribution in [0.15, 0.2) is 48.5 Å². The van der Waals surface area contributed by atoms with Crippen LogP contribution in [0.4, 0.5) is 10.5 Å². The van der Waals surface area contributed by atoms with Crippen molar-refractivity contribution in [3.05, 3.63) is 59.7 Å². The zero-order chi connectivity index (χ0) is 18.1. The topological polar surface area (TPSA) is 93.6 Å². The zero-order valence-electron chi connectivity index (χ0n) is 14.6. The Hall–Kier alpha value is -2.57. The first-order chi connectivity index (χ1) is 12.6. The summed E-state index contributed by atoms with van der Waals surface area (Å²) in [6.07, 6.45) is 1.94. The number of hydrogen-bond donors (Lipinski definition) is 3. The number of hydrogen-bond acceptors (Lipinski definition) is 4. The molecule has 0 saturated carbocycles. The number of rotatable bonds is 4. The Morgan fingerprint density at radius 3 is 2.81 bits per heavy atom. The zero-order valence-corrected chi connectivity index (χ0v) is 14.6. The number of anilines is 1. The van der Waals surface area contributed by atoms with Crippen LogP contribution in [0.2, 0.25) is 0 Å². The lowest BCUT2D eigenvalue weighted by molar-refractivity contribution is 0.0933. The molecule has 0 spiro atoms. The van der Waals surface area contributed by atoms with Crippen molar-refractivity contribution >= 4 is 11.7 Å². The van der Waals surface area contributed by atoms with Gasteiger partial charge in [-0.1, -0.05) is 30.3 Å². The molecular weight excluding hydrogens is 328 g/mol. The number of urea groups is 1. The summed E-state index contributed by atoms with van der Waals surface area (Å²) < 4.78 is 6.41. The molecule has 136 valence electrons. The first kappa shape index (κ1) is 16.9. The van der Waals surface area contributed by atoms with Gasteiger partial charge in [0.1, 0.15) is 11.9 Å². The van der Waals surface area contributed by atoms with Crippen molar-refractivity contribution in [3.8, 4) is 5.75 Å². The van der Waals surface area contributed by atoms with Gasteiger partial charge >= 0.3 is 6.03 Å². The molecule has 1 unspecified atom stereocenters. The molecule has 1 aliphatic carbocycles. The molecule has 1 fully saturated rings. The molecule has 26 heavy (non-hydrogen) atoms. The predicted octanol–water partition coefficient (Wildman–Crippen LogP) is 2.26. The maximum atomic E-state index is 11.1. The van der Waals surface area contributed by atoms with Crippen LogP contribution in [0.1, 0.15) is 23.7 Å². The molecule has 2 aromatic carbocycles. The third kappa shape index (κ3) is 3.38. The summed E-state index contributed by atoms with van der Waals surface area (Å²) in [5.41, 5.74) is 14.5. The number of likely N-dealkylation sites (tertiary alicyclic amines) is 1. The summed E-state index contributed by atoms with van der Waals surface area (Å²) in [6, 6.07) is 15.7. The van der Waals surface area contributed by atoms with Crippen molar-refractivity contribution in [1.82, 2.24) is 4.90 Å². The summed E-state index contributed by atoms with van der Waals surface area (Å²) in [7, 11) is 0. The van der Waals surface area contributed by atoms with Gasteiger partial charge < -0.3 is 21.5 Å². The minimum atomic E-state index is -0.586. The molecule has 2 aliphatic rings. The standard InChI is InChI=1S/C20H24N4O2/c21-14-8-9-24(12-14)18-10-13-4-1-2-7-17(13)19(18)26-16-6-3-5-15(11-16)23-20(22)25/h1-7,11,14,18-19H,8-10,12,21H2,(H3,22,23,25)/t14?,18-,19-/m1/s1. The van der Waals surface area contributed by atoms with Crippen molar-refractivity contribution in [2.24, 2.45) is 11.5 Å². The second-order valence-electron chi connectivity index (χ2n) is 7.07. The molecular formula is C20H24N4O2. The van der Waals surface area contributed by atoms with E-state index in [1.165, 1.54) is 11.1 Å². The molecule has 5 N–H and O–H groups in total. The number of nitrogens with one attached hydrogen (secondary N) is 1. The van der Waals surface area contributed by atoms with Crippen LogP contribution in [0.5, 0.6) is 5.75 Å². The van der Waals surface area contributed by atoms with E-state index in [0.29, 0.717) is 11.4 Å². The van der Waals surface area contributed by atoms with Gasteiger partial charge in [-0.15, -0.1) is 0 Å². The van der Waals surface area contributed by atoms with Gasteiger partial charge in [-0.25, -0.2) is 4.79 Å². The molecule has 1 aliphatic heterocycles. The molecule has 1 heterocycles. The number of benzene rings is 2. The molecule has 4 rings (SSSR count). The summed E-state index contributed by atoms with van der Waals surface area (Å²) in [4.78, 5) is 13.5. The van der Waals surface area contributed by atoms with Crippen molar-refractivity contribution in [1.29, 1.82) is 0 Å². The van der Waals surface area contributed by atoms with E-state index in [-0.39, 0.29) is 18.2 Å². The Balaban J connectivity index is 1.60. The molecule has 0 aromatic heterocycles. The van der Waals surface area contributed by atoms with E-state index >= 15 is 0 Å². The summed E-state index contributed by atoms with van der Waals surface area (Å²) >= 11 is 0. The monoisotopic (exact) mass is 352 g/mol. The Morgan fingerprint density at radius 2 is 2.04 bits per heavy atom. The highest BCUT2D eigenvalue weighted by Crippen LogP contribution is 2.39. The minimum absolute atomic E-state index is 0.0553. The molecule has 0 bridgehead atoms. The second kappa shape index (κ2) is 6.97. The van der Waals surface area contributed by atoms with Crippen LogP contribution in [-0.2, 0) is 6.42 Å². The first-order valence-electron chi connectivity index (χ1n) is 9.01. The van der Waals surface area contributed by atoms with E-state index in [4.69, 9.17) is 16.2 Å². The van der Waals surface area contributed by atoms with Gasteiger partial charge in [-0.05, 0) is 36.1 Å². The highest BCUT2D eigenvalue weighted by Gasteiger charge is 2.40. The number of nitrogens with zero attached hydrogens (tertiary/aromatic N) is 1. The number of fused-ring (bicyclic) bond motifs is 1. The molecule has 1 saturated heterocycles. The van der Waals surface area contributed by atoms with Gasteiger partial charge in [0.2, 0.25) is 0 Å². The molecule has 0 radical (unpaired) electrons. The number of carbonyl (C=O) groups excluding carboxylic acids is 1. The smallest absolute Gasteiger partial charge is 0.316 e. The predicted molar refractivity (Wildman–Crippen MR) is 101 cm³/mol. The average Bonchev–Trinajstić information content (AvgIpc) is 3.19. The first-order valence-corrected chi connectivity index (χ1v) is 9.01. The molecule has 2 amide bonds. The fourth-order valence-corrected chi connectivity index (χ4v) is 4.05. The summed E-state index contributed by atoms with van der Waals surface area (Å²) in [6.45, 7) is 1.91. The van der Waals surface area contributed by atoms with E-state index < -0.39 is 6.03 Å². The van der Waals surface area contributed by atoms with Gasteiger partial charge in [0.15, 0.2) is 0 Å². The van der Waals surface area contributed by atoms with Crippen molar-refractivity contribution in [2.75, 3.05) is 18.4 Å². The van der Waals surface area contributed by atoms with E-state index in [9.17, 15) is 4.79 Å². The number of carbonyl (C=O) groups is 1. The van der Waals surface area contributed by atoms with E-state index in [2.05, 4.69) is 34.5 Å². The van der Waals surface area contributed by atoms with Gasteiger partial charge in [0.25, 0.3) is 0 Å². The third-order valence-electron chi connectivity index (χ3n) is 5.23. The molecule has 6 heteroatoms. The number of nitrogens with two attached hydrogens (primary N) is 2. The van der Waals surface area contributed by atoms with Crippen LogP contribution in [-0.4, -0.2) is 36.1 Å². The highest BCUT2D eigenvalue weighted by atomic mass is 16.5. The number of primary amides is 1. The van der Waals surface area contributed by atoms with E-state index in [0.717, 1.165) is 25.9 Å². The highest BCUT2D eigenvalue weighted by molar-refractivity contribution is 5.87. The Bertz CT molecular complexity index is 810. The molecule has 6 nitrogen and oxygen atoms in total. The third-order valence-corrected chi connectivity index (χ3v) is 5.23.